The van der Waals surface area contributed by atoms with E-state index in [1.807, 2.05) is 60.7 Å². The van der Waals surface area contributed by atoms with Gasteiger partial charge in [-0.25, -0.2) is 8.42 Å². The molecule has 154 valence electrons. The van der Waals surface area contributed by atoms with Gasteiger partial charge in [-0.05, 0) is 24.3 Å². The molecular weight excluding hydrogens is 452 g/mol. The molecule has 4 aromatic rings. The van der Waals surface area contributed by atoms with Crippen LogP contribution in [0, 0.1) is 0 Å². The van der Waals surface area contributed by atoms with Gasteiger partial charge >= 0.3 is 0 Å². The maximum atomic E-state index is 13.6. The van der Waals surface area contributed by atoms with Crippen LogP contribution in [0.2, 0.25) is 5.02 Å². The second-order valence-corrected chi connectivity index (χ2v) is 10.6. The summed E-state index contributed by atoms with van der Waals surface area (Å²) >= 11 is 7.07. The number of thioether (sulfide) groups is 1. The van der Waals surface area contributed by atoms with Crippen molar-refractivity contribution in [2.45, 2.75) is 14.6 Å². The quantitative estimate of drug-likeness (QED) is 0.433. The van der Waals surface area contributed by atoms with Crippen LogP contribution in [0.15, 0.2) is 100 Å². The summed E-state index contributed by atoms with van der Waals surface area (Å²) in [5.74, 6) is 0.555. The number of hydrogen-bond donors (Lipinski definition) is 0. The first-order valence-corrected chi connectivity index (χ1v) is 12.2. The lowest BCUT2D eigenvalue weighted by Crippen LogP contribution is -2.32. The first-order chi connectivity index (χ1) is 15.0. The van der Waals surface area contributed by atoms with Gasteiger partial charge in [0.25, 0.3) is 0 Å². The van der Waals surface area contributed by atoms with E-state index >= 15 is 0 Å². The average molecular weight is 467 g/mol. The van der Waals surface area contributed by atoms with E-state index in [-0.39, 0.29) is 4.90 Å². The molecule has 1 unspecified atom stereocenters. The van der Waals surface area contributed by atoms with E-state index in [0.717, 1.165) is 22.9 Å². The van der Waals surface area contributed by atoms with E-state index < -0.39 is 14.4 Å². The second kappa shape index (κ2) is 7.96. The van der Waals surface area contributed by atoms with Crippen LogP contribution in [0.4, 0.5) is 0 Å². The van der Waals surface area contributed by atoms with Gasteiger partial charge in [-0.3, -0.25) is 0 Å². The van der Waals surface area contributed by atoms with Gasteiger partial charge in [-0.2, -0.15) is 9.78 Å². The van der Waals surface area contributed by atoms with Gasteiger partial charge in [0.15, 0.2) is 20.2 Å². The molecule has 6 nitrogen and oxygen atoms in total. The highest BCUT2D eigenvalue weighted by Gasteiger charge is 2.39. The van der Waals surface area contributed by atoms with Crippen molar-refractivity contribution in [3.05, 3.63) is 95.5 Å². The van der Waals surface area contributed by atoms with E-state index in [1.54, 1.807) is 16.8 Å². The summed E-state index contributed by atoms with van der Waals surface area (Å²) in [5, 5.41) is 14.1. The highest BCUT2D eigenvalue weighted by atomic mass is 35.5. The SMILES string of the molecule is O=S(=O)(c1ccc(Cl)cc1)C1Sc2nnc(-c3ccccc3)n2N=C1c1ccccc1. The molecule has 0 saturated carbocycles. The minimum Gasteiger partial charge on any atom is -0.222 e. The Bertz CT molecular complexity index is 1370. The molecule has 0 spiro atoms. The van der Waals surface area contributed by atoms with Crippen molar-refractivity contribution in [1.82, 2.24) is 14.9 Å². The third kappa shape index (κ3) is 3.67. The number of fused-ring (bicyclic) bond motifs is 1. The third-order valence-corrected chi connectivity index (χ3v) is 8.70. The fourth-order valence-corrected chi connectivity index (χ4v) is 6.53. The lowest BCUT2D eigenvalue weighted by Gasteiger charge is -2.23. The van der Waals surface area contributed by atoms with Gasteiger partial charge in [-0.15, -0.1) is 10.2 Å². The van der Waals surface area contributed by atoms with Crippen molar-refractivity contribution < 1.29 is 8.42 Å². The fourth-order valence-electron chi connectivity index (χ4n) is 3.26. The van der Waals surface area contributed by atoms with Crippen LogP contribution >= 0.6 is 23.4 Å². The molecule has 0 fully saturated rings. The topological polar surface area (TPSA) is 77.2 Å². The Kier molecular flexibility index (Phi) is 5.13. The number of nitrogens with zero attached hydrogens (tertiary/aromatic N) is 4. The highest BCUT2D eigenvalue weighted by molar-refractivity contribution is 8.14. The molecule has 5 rings (SSSR count). The van der Waals surface area contributed by atoms with Crippen molar-refractivity contribution in [1.29, 1.82) is 0 Å². The molecule has 1 aliphatic rings. The molecule has 0 N–H and O–H groups in total. The van der Waals surface area contributed by atoms with E-state index in [0.29, 0.717) is 21.7 Å². The lowest BCUT2D eigenvalue weighted by atomic mass is 10.1. The number of aromatic nitrogens is 3. The van der Waals surface area contributed by atoms with Crippen LogP contribution in [0.25, 0.3) is 11.4 Å². The molecule has 0 saturated heterocycles. The van der Waals surface area contributed by atoms with Gasteiger partial charge in [0, 0.05) is 16.1 Å². The molecule has 9 heteroatoms. The maximum Gasteiger partial charge on any atom is 0.214 e. The van der Waals surface area contributed by atoms with Crippen molar-refractivity contribution in [3.8, 4) is 11.4 Å². The minimum atomic E-state index is -3.78. The molecule has 1 atom stereocenters. The number of rotatable bonds is 4. The summed E-state index contributed by atoms with van der Waals surface area (Å²) in [6.07, 6.45) is 0. The summed E-state index contributed by atoms with van der Waals surface area (Å²) in [6, 6.07) is 25.0. The van der Waals surface area contributed by atoms with E-state index in [9.17, 15) is 8.42 Å². The molecular formula is C22H15ClN4O2S2. The third-order valence-electron chi connectivity index (χ3n) is 4.78. The zero-order valence-electron chi connectivity index (χ0n) is 16.0. The van der Waals surface area contributed by atoms with Crippen molar-refractivity contribution >= 4 is 38.9 Å². The predicted molar refractivity (Wildman–Crippen MR) is 122 cm³/mol. The van der Waals surface area contributed by atoms with Crippen molar-refractivity contribution in [2.24, 2.45) is 5.10 Å². The second-order valence-electron chi connectivity index (χ2n) is 6.78. The molecule has 0 amide bonds. The standard InChI is InChI=1S/C22H15ClN4O2S2/c23-17-11-13-18(14-12-17)31(28,29)21-19(15-7-3-1-4-8-15)26-27-20(24-25-22(27)30-21)16-9-5-2-6-10-16/h1-14,21H. The summed E-state index contributed by atoms with van der Waals surface area (Å²) in [5.41, 5.74) is 1.98. The van der Waals surface area contributed by atoms with Crippen molar-refractivity contribution in [3.63, 3.8) is 0 Å². The summed E-state index contributed by atoms with van der Waals surface area (Å²) in [4.78, 5) is 0.175. The van der Waals surface area contributed by atoms with Gasteiger partial charge < -0.3 is 0 Å². The zero-order valence-corrected chi connectivity index (χ0v) is 18.3. The van der Waals surface area contributed by atoms with E-state index in [4.69, 9.17) is 16.7 Å². The van der Waals surface area contributed by atoms with Crippen LogP contribution in [-0.2, 0) is 9.84 Å². The van der Waals surface area contributed by atoms with E-state index in [2.05, 4.69) is 10.2 Å². The largest absolute Gasteiger partial charge is 0.222 e. The molecule has 2 heterocycles. The molecule has 0 aliphatic carbocycles. The Balaban J connectivity index is 1.67. The normalized spacial score (nSPS) is 15.9. The highest BCUT2D eigenvalue weighted by Crippen LogP contribution is 2.38. The Morgan fingerprint density at radius 2 is 1.42 bits per heavy atom. The first kappa shape index (κ1) is 20.0. The monoisotopic (exact) mass is 466 g/mol. The van der Waals surface area contributed by atoms with Crippen LogP contribution in [0.3, 0.4) is 0 Å². The number of halogens is 1. The van der Waals surface area contributed by atoms with Crippen LogP contribution in [0.5, 0.6) is 0 Å². The molecule has 31 heavy (non-hydrogen) atoms. The molecule has 0 radical (unpaired) electrons. The Labute approximate surface area is 188 Å². The zero-order chi connectivity index (χ0) is 21.4. The van der Waals surface area contributed by atoms with Gasteiger partial charge in [0.2, 0.25) is 5.16 Å². The van der Waals surface area contributed by atoms with Crippen LogP contribution < -0.4 is 0 Å². The molecule has 1 aromatic heterocycles. The van der Waals surface area contributed by atoms with E-state index in [1.165, 1.54) is 12.1 Å². The summed E-state index contributed by atoms with van der Waals surface area (Å²) in [6.45, 7) is 0. The molecule has 1 aliphatic heterocycles. The average Bonchev–Trinajstić information content (AvgIpc) is 3.23. The smallest absolute Gasteiger partial charge is 0.214 e. The van der Waals surface area contributed by atoms with Crippen molar-refractivity contribution in [2.75, 3.05) is 0 Å². The number of hydrogen-bond acceptors (Lipinski definition) is 6. The maximum absolute atomic E-state index is 13.6. The summed E-state index contributed by atoms with van der Waals surface area (Å²) < 4.78 is 27.8. The van der Waals surface area contributed by atoms with Crippen LogP contribution in [0.1, 0.15) is 5.56 Å². The lowest BCUT2D eigenvalue weighted by molar-refractivity contribution is 0.597. The Morgan fingerprint density at radius 3 is 2.06 bits per heavy atom. The molecule has 0 bridgehead atoms. The first-order valence-electron chi connectivity index (χ1n) is 9.35. The van der Waals surface area contributed by atoms with Gasteiger partial charge in [0.05, 0.1) is 10.6 Å². The number of benzene rings is 3. The van der Waals surface area contributed by atoms with Gasteiger partial charge in [0.1, 0.15) is 0 Å². The minimum absolute atomic E-state index is 0.175. The Morgan fingerprint density at radius 1 is 0.806 bits per heavy atom. The van der Waals surface area contributed by atoms with Gasteiger partial charge in [-0.1, -0.05) is 84.0 Å². The Hall–Kier alpha value is -2.94. The predicted octanol–water partition coefficient (Wildman–Crippen LogP) is 4.76. The summed E-state index contributed by atoms with van der Waals surface area (Å²) in [7, 11) is -3.78. The fraction of sp³-hybridized carbons (Fsp3) is 0.0455. The van der Waals surface area contributed by atoms with Crippen LogP contribution in [-0.4, -0.2) is 33.6 Å². The molecule has 3 aromatic carbocycles. The number of sulfone groups is 1.